The maximum atomic E-state index is 13.9. The maximum absolute atomic E-state index is 13.9. The van der Waals surface area contributed by atoms with Crippen LogP contribution in [0.5, 0.6) is 17.2 Å². The predicted molar refractivity (Wildman–Crippen MR) is 180 cm³/mol. The number of hydrogen-bond donors (Lipinski definition) is 3. The Labute approximate surface area is 279 Å². The van der Waals surface area contributed by atoms with Crippen LogP contribution >= 0.6 is 22.6 Å². The molecule has 2 aromatic rings. The van der Waals surface area contributed by atoms with Crippen molar-refractivity contribution in [1.29, 1.82) is 0 Å². The van der Waals surface area contributed by atoms with Gasteiger partial charge >= 0.3 is 0 Å². The molecule has 10 nitrogen and oxygen atoms in total. The van der Waals surface area contributed by atoms with Crippen LogP contribution in [0.4, 0.5) is 0 Å². The third kappa shape index (κ3) is 10.2. The minimum atomic E-state index is -1.19. The third-order valence-corrected chi connectivity index (χ3v) is 8.69. The number of amides is 2. The van der Waals surface area contributed by atoms with Crippen LogP contribution in [-0.4, -0.2) is 85.4 Å². The number of carbonyl (C=O) groups excluding carboxylic acids is 3. The Balaban J connectivity index is 1.98. The van der Waals surface area contributed by atoms with E-state index in [-0.39, 0.29) is 25.5 Å². The van der Waals surface area contributed by atoms with Crippen molar-refractivity contribution in [2.45, 2.75) is 76.5 Å². The average molecular weight is 737 g/mol. The number of carbonyl (C=O) groups is 3. The molecule has 3 unspecified atom stereocenters. The van der Waals surface area contributed by atoms with E-state index in [2.05, 4.69) is 12.2 Å². The molecule has 246 valence electrons. The lowest BCUT2D eigenvalue weighted by atomic mass is 9.87. The van der Waals surface area contributed by atoms with E-state index in [1.165, 1.54) is 13.2 Å². The van der Waals surface area contributed by atoms with E-state index in [1.54, 1.807) is 24.2 Å². The number of aliphatic hydroxyl groups is 2. The first kappa shape index (κ1) is 36.3. The number of halogens is 1. The number of hydrogen-bond acceptors (Lipinski definition) is 8. The topological polar surface area (TPSA) is 135 Å². The van der Waals surface area contributed by atoms with Crippen molar-refractivity contribution in [3.05, 3.63) is 62.7 Å². The first-order valence-corrected chi connectivity index (χ1v) is 16.5. The standard InChI is InChI=1S/C34H45IN2O8/c1-4-5-6-7-8-13-31(40)37(16-14-24-11-9-10-12-28(24)43-2)27-20-25(34(42)36-15-17-38)21-29(32(27)41)45-33-26(35)18-23(22-39)19-30(33)44-3/h9-12,18-19,21-22,27,29,32,38,41H,4-8,13-17,20H2,1-3H3,(H,36,42). The minimum Gasteiger partial charge on any atom is -0.496 e. The summed E-state index contributed by atoms with van der Waals surface area (Å²) in [6, 6.07) is 10.0. The second-order valence-electron chi connectivity index (χ2n) is 11.0. The van der Waals surface area contributed by atoms with Crippen LogP contribution < -0.4 is 19.5 Å². The molecular weight excluding hydrogens is 691 g/mol. The molecule has 45 heavy (non-hydrogen) atoms. The summed E-state index contributed by atoms with van der Waals surface area (Å²) in [6.07, 6.45) is 5.88. The van der Waals surface area contributed by atoms with Gasteiger partial charge in [0.2, 0.25) is 11.8 Å². The van der Waals surface area contributed by atoms with E-state index in [0.29, 0.717) is 57.6 Å². The summed E-state index contributed by atoms with van der Waals surface area (Å²) in [6.45, 7) is 2.26. The van der Waals surface area contributed by atoms with Gasteiger partial charge in [0.05, 0.1) is 30.4 Å². The molecule has 1 aliphatic rings. The molecule has 11 heteroatoms. The number of ether oxygens (including phenoxy) is 3. The van der Waals surface area contributed by atoms with E-state index < -0.39 is 24.2 Å². The fourth-order valence-electron chi connectivity index (χ4n) is 5.49. The Morgan fingerprint density at radius 3 is 2.51 bits per heavy atom. The summed E-state index contributed by atoms with van der Waals surface area (Å²) in [5, 5.41) is 23.8. The Kier molecular flexibility index (Phi) is 15.1. The van der Waals surface area contributed by atoms with Crippen molar-refractivity contribution < 1.29 is 38.8 Å². The second-order valence-corrected chi connectivity index (χ2v) is 12.1. The number of nitrogens with zero attached hydrogens (tertiary/aromatic N) is 1. The Bertz CT molecular complexity index is 1320. The van der Waals surface area contributed by atoms with Crippen LogP contribution in [0.2, 0.25) is 0 Å². The van der Waals surface area contributed by atoms with Crippen molar-refractivity contribution in [1.82, 2.24) is 10.2 Å². The highest BCUT2D eigenvalue weighted by Gasteiger charge is 2.40. The zero-order chi connectivity index (χ0) is 32.8. The number of aliphatic hydroxyl groups excluding tert-OH is 2. The molecule has 0 bridgehead atoms. The lowest BCUT2D eigenvalue weighted by Gasteiger charge is -2.41. The van der Waals surface area contributed by atoms with Gasteiger partial charge in [-0.2, -0.15) is 0 Å². The average Bonchev–Trinajstić information content (AvgIpc) is 3.05. The first-order valence-electron chi connectivity index (χ1n) is 15.5. The Morgan fingerprint density at radius 2 is 1.82 bits per heavy atom. The Hall–Kier alpha value is -3.16. The molecule has 0 fully saturated rings. The van der Waals surface area contributed by atoms with Gasteiger partial charge in [0.25, 0.3) is 0 Å². The zero-order valence-corrected chi connectivity index (χ0v) is 28.5. The van der Waals surface area contributed by atoms with Crippen molar-refractivity contribution in [3.8, 4) is 17.2 Å². The molecule has 0 aliphatic heterocycles. The van der Waals surface area contributed by atoms with Crippen LogP contribution in [0, 0.1) is 3.57 Å². The molecule has 0 saturated heterocycles. The number of aldehydes is 1. The zero-order valence-electron chi connectivity index (χ0n) is 26.3. The SMILES string of the molecule is CCCCCCCC(=O)N(CCc1ccccc1OC)C1CC(C(=O)NCCO)=CC(Oc2c(I)cc(C=O)cc2OC)C1O. The van der Waals surface area contributed by atoms with E-state index in [1.807, 2.05) is 46.9 Å². The molecule has 2 aromatic carbocycles. The van der Waals surface area contributed by atoms with Crippen LogP contribution in [0.1, 0.15) is 67.8 Å². The normalized spacial score (nSPS) is 17.6. The van der Waals surface area contributed by atoms with Crippen LogP contribution in [0.3, 0.4) is 0 Å². The van der Waals surface area contributed by atoms with Gasteiger partial charge in [-0.3, -0.25) is 14.4 Å². The van der Waals surface area contributed by atoms with E-state index in [0.717, 1.165) is 37.7 Å². The number of unbranched alkanes of at least 4 members (excludes halogenated alkanes) is 4. The number of para-hydroxylation sites is 1. The molecular formula is C34H45IN2O8. The Morgan fingerprint density at radius 1 is 1.09 bits per heavy atom. The molecule has 1 aliphatic carbocycles. The maximum Gasteiger partial charge on any atom is 0.247 e. The van der Waals surface area contributed by atoms with Crippen LogP contribution in [-0.2, 0) is 16.0 Å². The molecule has 0 spiro atoms. The molecule has 0 radical (unpaired) electrons. The van der Waals surface area contributed by atoms with Crippen molar-refractivity contribution in [3.63, 3.8) is 0 Å². The molecule has 0 heterocycles. The summed E-state index contributed by atoms with van der Waals surface area (Å²) in [5.74, 6) is 0.795. The van der Waals surface area contributed by atoms with Crippen LogP contribution in [0.25, 0.3) is 0 Å². The van der Waals surface area contributed by atoms with Gasteiger partial charge in [-0.1, -0.05) is 50.8 Å². The van der Waals surface area contributed by atoms with Gasteiger partial charge in [0.15, 0.2) is 11.5 Å². The van der Waals surface area contributed by atoms with E-state index in [4.69, 9.17) is 14.2 Å². The summed E-state index contributed by atoms with van der Waals surface area (Å²) < 4.78 is 17.9. The molecule has 3 rings (SSSR count). The summed E-state index contributed by atoms with van der Waals surface area (Å²) >= 11 is 2.03. The molecule has 0 aromatic heterocycles. The number of rotatable bonds is 18. The first-order chi connectivity index (χ1) is 21.8. The highest BCUT2D eigenvalue weighted by Crippen LogP contribution is 2.37. The highest BCUT2D eigenvalue weighted by atomic mass is 127. The van der Waals surface area contributed by atoms with Gasteiger partial charge in [0.1, 0.15) is 24.2 Å². The third-order valence-electron chi connectivity index (χ3n) is 7.89. The number of methoxy groups -OCH3 is 2. The molecule has 3 N–H and O–H groups in total. The highest BCUT2D eigenvalue weighted by molar-refractivity contribution is 14.1. The van der Waals surface area contributed by atoms with Crippen molar-refractivity contribution in [2.75, 3.05) is 33.9 Å². The lowest BCUT2D eigenvalue weighted by molar-refractivity contribution is -0.138. The van der Waals surface area contributed by atoms with Gasteiger partial charge in [-0.05, 0) is 65.3 Å². The minimum absolute atomic E-state index is 0.0575. The molecule has 0 saturated carbocycles. The quantitative estimate of drug-likeness (QED) is 0.116. The number of benzene rings is 2. The lowest BCUT2D eigenvalue weighted by Crippen LogP contribution is -2.55. The van der Waals surface area contributed by atoms with Crippen molar-refractivity contribution in [2.24, 2.45) is 0 Å². The largest absolute Gasteiger partial charge is 0.496 e. The molecule has 3 atom stereocenters. The van der Waals surface area contributed by atoms with Gasteiger partial charge in [-0.25, -0.2) is 0 Å². The fourth-order valence-corrected chi connectivity index (χ4v) is 6.24. The second kappa shape index (κ2) is 18.7. The summed E-state index contributed by atoms with van der Waals surface area (Å²) in [4.78, 5) is 40.2. The van der Waals surface area contributed by atoms with E-state index in [9.17, 15) is 24.6 Å². The van der Waals surface area contributed by atoms with Crippen LogP contribution in [0.15, 0.2) is 48.0 Å². The van der Waals surface area contributed by atoms with Gasteiger partial charge < -0.3 is 34.6 Å². The fraction of sp³-hybridized carbons (Fsp3) is 0.500. The predicted octanol–water partition coefficient (Wildman–Crippen LogP) is 4.47. The number of nitrogens with one attached hydrogen (secondary N) is 1. The van der Waals surface area contributed by atoms with Gasteiger partial charge in [0, 0.05) is 37.1 Å². The van der Waals surface area contributed by atoms with Gasteiger partial charge in [-0.15, -0.1) is 0 Å². The van der Waals surface area contributed by atoms with Crippen molar-refractivity contribution >= 4 is 40.7 Å². The molecule has 2 amide bonds. The summed E-state index contributed by atoms with van der Waals surface area (Å²) in [7, 11) is 3.06. The smallest absolute Gasteiger partial charge is 0.247 e. The monoisotopic (exact) mass is 736 g/mol. The van der Waals surface area contributed by atoms with E-state index >= 15 is 0 Å². The summed E-state index contributed by atoms with van der Waals surface area (Å²) in [5.41, 5.74) is 1.66.